The number of ether oxygens (including phenoxy) is 2. The van der Waals surface area contributed by atoms with E-state index in [2.05, 4.69) is 6.07 Å². The number of hydrogen-bond donors (Lipinski definition) is 1. The van der Waals surface area contributed by atoms with Gasteiger partial charge in [-0.05, 0) is 36.5 Å². The Kier molecular flexibility index (Phi) is 6.34. The summed E-state index contributed by atoms with van der Waals surface area (Å²) in [6, 6.07) is 8.03. The lowest BCUT2D eigenvalue weighted by Crippen LogP contribution is -2.20. The van der Waals surface area contributed by atoms with Gasteiger partial charge in [0.25, 0.3) is 0 Å². The summed E-state index contributed by atoms with van der Waals surface area (Å²) < 4.78 is 10.8. The molecule has 20 heavy (non-hydrogen) atoms. The summed E-state index contributed by atoms with van der Waals surface area (Å²) in [6.45, 7) is 1.11. The Labute approximate surface area is 121 Å². The van der Waals surface area contributed by atoms with Gasteiger partial charge in [0.1, 0.15) is 12.4 Å². The van der Waals surface area contributed by atoms with Gasteiger partial charge in [-0.1, -0.05) is 37.8 Å². The predicted molar refractivity (Wildman–Crippen MR) is 80.1 cm³/mol. The summed E-state index contributed by atoms with van der Waals surface area (Å²) in [7, 11) is 1.71. The Morgan fingerprint density at radius 3 is 2.85 bits per heavy atom. The van der Waals surface area contributed by atoms with Crippen LogP contribution >= 0.6 is 0 Å². The van der Waals surface area contributed by atoms with Crippen molar-refractivity contribution < 1.29 is 14.6 Å². The standard InChI is InChI=1S/C17H26O3/c1-19-10-9-15-7-4-8-17(12-15)20-13-16(18)11-14-5-2-3-6-14/h4,7-8,12,14,16,18H,2-3,5-6,9-11,13H2,1H3. The van der Waals surface area contributed by atoms with Crippen molar-refractivity contribution in [1.82, 2.24) is 0 Å². The highest BCUT2D eigenvalue weighted by atomic mass is 16.5. The molecule has 0 saturated heterocycles. The molecule has 3 nitrogen and oxygen atoms in total. The average Bonchev–Trinajstić information content (AvgIpc) is 2.96. The van der Waals surface area contributed by atoms with Crippen LogP contribution in [0.3, 0.4) is 0 Å². The largest absolute Gasteiger partial charge is 0.491 e. The molecule has 1 fully saturated rings. The molecule has 0 spiro atoms. The first kappa shape index (κ1) is 15.3. The quantitative estimate of drug-likeness (QED) is 0.793. The van der Waals surface area contributed by atoms with Crippen LogP contribution in [-0.2, 0) is 11.2 Å². The minimum atomic E-state index is -0.347. The van der Waals surface area contributed by atoms with Gasteiger partial charge in [-0.15, -0.1) is 0 Å². The fourth-order valence-electron chi connectivity index (χ4n) is 2.90. The molecular weight excluding hydrogens is 252 g/mol. The SMILES string of the molecule is COCCc1cccc(OCC(O)CC2CCCC2)c1. The van der Waals surface area contributed by atoms with Crippen molar-refractivity contribution in [1.29, 1.82) is 0 Å². The summed E-state index contributed by atoms with van der Waals surface area (Å²) in [6.07, 6.45) is 6.59. The van der Waals surface area contributed by atoms with E-state index in [1.54, 1.807) is 7.11 Å². The molecule has 0 heterocycles. The molecule has 3 heteroatoms. The first-order valence-corrected chi connectivity index (χ1v) is 7.66. The highest BCUT2D eigenvalue weighted by Gasteiger charge is 2.19. The molecular formula is C17H26O3. The third kappa shape index (κ3) is 5.14. The van der Waals surface area contributed by atoms with E-state index < -0.39 is 0 Å². The lowest BCUT2D eigenvalue weighted by molar-refractivity contribution is 0.0855. The van der Waals surface area contributed by atoms with Gasteiger partial charge in [-0.3, -0.25) is 0 Å². The van der Waals surface area contributed by atoms with Crippen LogP contribution in [0.25, 0.3) is 0 Å². The molecule has 1 saturated carbocycles. The maximum atomic E-state index is 10.0. The normalized spacial score (nSPS) is 17.3. The van der Waals surface area contributed by atoms with Crippen LogP contribution in [0, 0.1) is 5.92 Å². The summed E-state index contributed by atoms with van der Waals surface area (Å²) in [5.41, 5.74) is 1.20. The fraction of sp³-hybridized carbons (Fsp3) is 0.647. The van der Waals surface area contributed by atoms with Gasteiger partial charge in [0.2, 0.25) is 0 Å². The Morgan fingerprint density at radius 1 is 1.30 bits per heavy atom. The van der Waals surface area contributed by atoms with Crippen LogP contribution in [-0.4, -0.2) is 31.5 Å². The lowest BCUT2D eigenvalue weighted by Gasteiger charge is -2.16. The van der Waals surface area contributed by atoms with Crippen LogP contribution in [0.15, 0.2) is 24.3 Å². The number of aliphatic hydroxyl groups excluding tert-OH is 1. The molecule has 0 aromatic heterocycles. The Hall–Kier alpha value is -1.06. The van der Waals surface area contributed by atoms with Crippen molar-refractivity contribution in [2.75, 3.05) is 20.3 Å². The maximum Gasteiger partial charge on any atom is 0.119 e. The number of hydrogen-bond acceptors (Lipinski definition) is 3. The van der Waals surface area contributed by atoms with Crippen LogP contribution in [0.4, 0.5) is 0 Å². The van der Waals surface area contributed by atoms with E-state index in [9.17, 15) is 5.11 Å². The highest BCUT2D eigenvalue weighted by Crippen LogP contribution is 2.28. The van der Waals surface area contributed by atoms with E-state index in [0.29, 0.717) is 19.1 Å². The summed E-state index contributed by atoms with van der Waals surface area (Å²) in [5.74, 6) is 1.53. The van der Waals surface area contributed by atoms with Gasteiger partial charge in [0, 0.05) is 7.11 Å². The van der Waals surface area contributed by atoms with Crippen molar-refractivity contribution >= 4 is 0 Å². The monoisotopic (exact) mass is 278 g/mol. The molecule has 1 atom stereocenters. The van der Waals surface area contributed by atoms with E-state index in [1.165, 1.54) is 31.2 Å². The number of rotatable bonds is 8. The van der Waals surface area contributed by atoms with Gasteiger partial charge in [-0.25, -0.2) is 0 Å². The molecule has 1 aromatic carbocycles. The zero-order chi connectivity index (χ0) is 14.2. The number of methoxy groups -OCH3 is 1. The van der Waals surface area contributed by atoms with Crippen molar-refractivity contribution in [3.8, 4) is 5.75 Å². The molecule has 1 aliphatic carbocycles. The summed E-state index contributed by atoms with van der Waals surface area (Å²) in [5, 5.41) is 10.0. The van der Waals surface area contributed by atoms with E-state index >= 15 is 0 Å². The van der Waals surface area contributed by atoms with E-state index in [1.807, 2.05) is 18.2 Å². The van der Waals surface area contributed by atoms with Gasteiger partial charge in [-0.2, -0.15) is 0 Å². The van der Waals surface area contributed by atoms with Crippen LogP contribution in [0.2, 0.25) is 0 Å². The van der Waals surface area contributed by atoms with Crippen molar-refractivity contribution in [2.24, 2.45) is 5.92 Å². The molecule has 2 rings (SSSR count). The minimum absolute atomic E-state index is 0.347. The van der Waals surface area contributed by atoms with Crippen LogP contribution in [0.1, 0.15) is 37.7 Å². The predicted octanol–water partition coefficient (Wildman–Crippen LogP) is 3.20. The third-order valence-corrected chi connectivity index (χ3v) is 4.02. The van der Waals surface area contributed by atoms with Crippen LogP contribution in [0.5, 0.6) is 5.75 Å². The zero-order valence-corrected chi connectivity index (χ0v) is 12.4. The number of benzene rings is 1. The maximum absolute atomic E-state index is 10.0. The van der Waals surface area contributed by atoms with Crippen molar-refractivity contribution in [2.45, 2.75) is 44.6 Å². The summed E-state index contributed by atoms with van der Waals surface area (Å²) in [4.78, 5) is 0. The van der Waals surface area contributed by atoms with Crippen molar-refractivity contribution in [3.63, 3.8) is 0 Å². The molecule has 1 N–H and O–H groups in total. The van der Waals surface area contributed by atoms with Gasteiger partial charge in [0.15, 0.2) is 0 Å². The zero-order valence-electron chi connectivity index (χ0n) is 12.4. The first-order chi connectivity index (χ1) is 9.78. The minimum Gasteiger partial charge on any atom is -0.491 e. The Balaban J connectivity index is 1.74. The van der Waals surface area contributed by atoms with E-state index in [-0.39, 0.29) is 6.10 Å². The van der Waals surface area contributed by atoms with Crippen LogP contribution < -0.4 is 4.74 Å². The molecule has 0 bridgehead atoms. The second kappa shape index (κ2) is 8.28. The molecule has 0 aliphatic heterocycles. The lowest BCUT2D eigenvalue weighted by atomic mass is 10.0. The first-order valence-electron chi connectivity index (χ1n) is 7.66. The smallest absolute Gasteiger partial charge is 0.119 e. The third-order valence-electron chi connectivity index (χ3n) is 4.02. The average molecular weight is 278 g/mol. The fourth-order valence-corrected chi connectivity index (χ4v) is 2.90. The van der Waals surface area contributed by atoms with E-state index in [0.717, 1.165) is 18.6 Å². The highest BCUT2D eigenvalue weighted by molar-refractivity contribution is 5.28. The van der Waals surface area contributed by atoms with Crippen molar-refractivity contribution in [3.05, 3.63) is 29.8 Å². The molecule has 1 aliphatic rings. The van der Waals surface area contributed by atoms with Gasteiger partial charge < -0.3 is 14.6 Å². The second-order valence-electron chi connectivity index (χ2n) is 5.74. The molecule has 0 radical (unpaired) electrons. The molecule has 112 valence electrons. The van der Waals surface area contributed by atoms with Gasteiger partial charge >= 0.3 is 0 Å². The molecule has 0 amide bonds. The topological polar surface area (TPSA) is 38.7 Å². The molecule has 1 unspecified atom stereocenters. The molecule has 1 aromatic rings. The van der Waals surface area contributed by atoms with Gasteiger partial charge in [0.05, 0.1) is 12.7 Å². The summed E-state index contributed by atoms with van der Waals surface area (Å²) >= 11 is 0. The number of aliphatic hydroxyl groups is 1. The van der Waals surface area contributed by atoms with E-state index in [4.69, 9.17) is 9.47 Å². The Morgan fingerprint density at radius 2 is 2.10 bits per heavy atom. The second-order valence-corrected chi connectivity index (χ2v) is 5.74. The Bertz CT molecular complexity index is 386.